The van der Waals surface area contributed by atoms with Crippen LogP contribution >= 0.6 is 15.9 Å². The molecule has 1 fully saturated rings. The molecule has 0 spiro atoms. The topological polar surface area (TPSA) is 46.9 Å². The summed E-state index contributed by atoms with van der Waals surface area (Å²) in [7, 11) is 0. The standard InChI is InChI=1S/C26H32BrN3O/c27-22-13-9-10-20(18-22)19-30-24-15-7-6-14-23(24)29-25(30)16-5-2-8-17-28-26(31)21-11-3-1-4-12-21/h6-7,9-10,13-15,18,21H,1-5,8,11-12,16-17,19H2,(H,28,31). The van der Waals surface area contributed by atoms with Crippen molar-refractivity contribution in [2.24, 2.45) is 5.92 Å². The fourth-order valence-corrected chi connectivity index (χ4v) is 5.06. The number of nitrogens with zero attached hydrogens (tertiary/aromatic N) is 2. The van der Waals surface area contributed by atoms with E-state index in [-0.39, 0.29) is 11.8 Å². The third-order valence-corrected chi connectivity index (χ3v) is 6.81. The normalized spacial score (nSPS) is 14.7. The largest absolute Gasteiger partial charge is 0.356 e. The van der Waals surface area contributed by atoms with Crippen molar-refractivity contribution in [1.29, 1.82) is 0 Å². The molecule has 1 saturated carbocycles. The van der Waals surface area contributed by atoms with Crippen molar-refractivity contribution < 1.29 is 4.79 Å². The second-order valence-electron chi connectivity index (χ2n) is 8.67. The smallest absolute Gasteiger partial charge is 0.223 e. The molecule has 0 unspecified atom stereocenters. The van der Waals surface area contributed by atoms with E-state index in [9.17, 15) is 4.79 Å². The van der Waals surface area contributed by atoms with Crippen LogP contribution in [-0.4, -0.2) is 22.0 Å². The Kier molecular flexibility index (Phi) is 7.79. The lowest BCUT2D eigenvalue weighted by atomic mass is 9.89. The summed E-state index contributed by atoms with van der Waals surface area (Å²) in [5.41, 5.74) is 3.52. The van der Waals surface area contributed by atoms with E-state index < -0.39 is 0 Å². The number of halogens is 1. The van der Waals surface area contributed by atoms with Gasteiger partial charge in [-0.05, 0) is 55.5 Å². The Morgan fingerprint density at radius 2 is 1.87 bits per heavy atom. The Morgan fingerprint density at radius 3 is 2.71 bits per heavy atom. The fourth-order valence-electron chi connectivity index (χ4n) is 4.62. The highest BCUT2D eigenvalue weighted by molar-refractivity contribution is 9.10. The highest BCUT2D eigenvalue weighted by atomic mass is 79.9. The number of nitrogens with one attached hydrogen (secondary N) is 1. The Morgan fingerprint density at radius 1 is 1.03 bits per heavy atom. The summed E-state index contributed by atoms with van der Waals surface area (Å²) in [4.78, 5) is 17.2. The second kappa shape index (κ2) is 10.9. The predicted molar refractivity (Wildman–Crippen MR) is 130 cm³/mol. The SMILES string of the molecule is O=C(NCCCCCc1nc2ccccc2n1Cc1cccc(Br)c1)C1CCCCC1. The van der Waals surface area contributed by atoms with Crippen LogP contribution in [0.1, 0.15) is 62.8 Å². The number of para-hydroxylation sites is 2. The molecule has 2 aromatic carbocycles. The maximum absolute atomic E-state index is 12.3. The highest BCUT2D eigenvalue weighted by Crippen LogP contribution is 2.24. The number of carbonyl (C=O) groups is 1. The lowest BCUT2D eigenvalue weighted by Gasteiger charge is -2.20. The van der Waals surface area contributed by atoms with Crippen molar-refractivity contribution in [1.82, 2.24) is 14.9 Å². The van der Waals surface area contributed by atoms with Gasteiger partial charge in [-0.25, -0.2) is 4.98 Å². The molecule has 0 saturated heterocycles. The average Bonchev–Trinajstić information content (AvgIpc) is 3.14. The minimum absolute atomic E-state index is 0.256. The molecule has 1 aliphatic carbocycles. The molecule has 1 N–H and O–H groups in total. The van der Waals surface area contributed by atoms with Crippen molar-refractivity contribution >= 4 is 32.9 Å². The van der Waals surface area contributed by atoms with Gasteiger partial charge >= 0.3 is 0 Å². The van der Waals surface area contributed by atoms with Gasteiger partial charge in [0.05, 0.1) is 11.0 Å². The first-order valence-corrected chi connectivity index (χ1v) is 12.5. The van der Waals surface area contributed by atoms with Gasteiger partial charge in [0.2, 0.25) is 5.91 Å². The first-order chi connectivity index (χ1) is 15.2. The number of amides is 1. The first kappa shape index (κ1) is 22.1. The molecule has 1 amide bonds. The van der Waals surface area contributed by atoms with E-state index in [1.165, 1.54) is 30.3 Å². The Labute approximate surface area is 193 Å². The summed E-state index contributed by atoms with van der Waals surface area (Å²) >= 11 is 3.58. The quantitative estimate of drug-likeness (QED) is 0.366. The maximum atomic E-state index is 12.3. The van der Waals surface area contributed by atoms with Gasteiger partial charge in [0.1, 0.15) is 5.82 Å². The summed E-state index contributed by atoms with van der Waals surface area (Å²) in [5, 5.41) is 3.16. The predicted octanol–water partition coefficient (Wildman–Crippen LogP) is 6.26. The molecule has 1 aliphatic rings. The van der Waals surface area contributed by atoms with Gasteiger partial charge in [0, 0.05) is 29.9 Å². The maximum Gasteiger partial charge on any atom is 0.223 e. The number of carbonyl (C=O) groups excluding carboxylic acids is 1. The Hall–Kier alpha value is -2.14. The average molecular weight is 482 g/mol. The summed E-state index contributed by atoms with van der Waals surface area (Å²) in [6, 6.07) is 16.9. The van der Waals surface area contributed by atoms with E-state index >= 15 is 0 Å². The van der Waals surface area contributed by atoms with E-state index in [0.29, 0.717) is 0 Å². The molecular formula is C26H32BrN3O. The molecular weight excluding hydrogens is 450 g/mol. The molecule has 4 rings (SSSR count). The van der Waals surface area contributed by atoms with Crippen molar-refractivity contribution in [3.05, 3.63) is 64.4 Å². The third-order valence-electron chi connectivity index (χ3n) is 6.32. The van der Waals surface area contributed by atoms with Crippen LogP contribution in [0.3, 0.4) is 0 Å². The van der Waals surface area contributed by atoms with Gasteiger partial charge in [-0.1, -0.05) is 65.9 Å². The minimum atomic E-state index is 0.256. The lowest BCUT2D eigenvalue weighted by Crippen LogP contribution is -2.32. The number of rotatable bonds is 9. The van der Waals surface area contributed by atoms with Gasteiger partial charge < -0.3 is 9.88 Å². The number of hydrogen-bond donors (Lipinski definition) is 1. The molecule has 0 aliphatic heterocycles. The number of imidazole rings is 1. The molecule has 1 aromatic heterocycles. The molecule has 1 heterocycles. The zero-order valence-electron chi connectivity index (χ0n) is 18.2. The molecule has 4 nitrogen and oxygen atoms in total. The van der Waals surface area contributed by atoms with E-state index in [2.05, 4.69) is 74.3 Å². The monoisotopic (exact) mass is 481 g/mol. The summed E-state index contributed by atoms with van der Waals surface area (Å²) in [6.07, 6.45) is 10.0. The van der Waals surface area contributed by atoms with Gasteiger partial charge in [0.15, 0.2) is 0 Å². The van der Waals surface area contributed by atoms with E-state index in [4.69, 9.17) is 4.98 Å². The van der Waals surface area contributed by atoms with E-state index in [0.717, 1.165) is 67.4 Å². The van der Waals surface area contributed by atoms with Crippen LogP contribution in [0.5, 0.6) is 0 Å². The molecule has 0 radical (unpaired) electrons. The summed E-state index contributed by atoms with van der Waals surface area (Å²) in [5.74, 6) is 1.68. The van der Waals surface area contributed by atoms with Crippen LogP contribution in [0, 0.1) is 5.92 Å². The van der Waals surface area contributed by atoms with E-state index in [1.807, 2.05) is 0 Å². The molecule has 31 heavy (non-hydrogen) atoms. The fraction of sp³-hybridized carbons (Fsp3) is 0.462. The minimum Gasteiger partial charge on any atom is -0.356 e. The van der Waals surface area contributed by atoms with Gasteiger partial charge in [-0.15, -0.1) is 0 Å². The summed E-state index contributed by atoms with van der Waals surface area (Å²) in [6.45, 7) is 1.62. The van der Waals surface area contributed by atoms with Crippen molar-refractivity contribution in [2.75, 3.05) is 6.54 Å². The number of aryl methyl sites for hydroxylation is 1. The van der Waals surface area contributed by atoms with Crippen LogP contribution in [-0.2, 0) is 17.8 Å². The van der Waals surface area contributed by atoms with Crippen LogP contribution < -0.4 is 5.32 Å². The van der Waals surface area contributed by atoms with Crippen LogP contribution in [0.25, 0.3) is 11.0 Å². The zero-order valence-corrected chi connectivity index (χ0v) is 19.7. The molecule has 0 bridgehead atoms. The molecule has 3 aromatic rings. The zero-order chi connectivity index (χ0) is 21.5. The van der Waals surface area contributed by atoms with Crippen molar-refractivity contribution in [3.63, 3.8) is 0 Å². The molecule has 5 heteroatoms. The Bertz CT molecular complexity index is 1010. The lowest BCUT2D eigenvalue weighted by molar-refractivity contribution is -0.125. The number of benzene rings is 2. The molecule has 164 valence electrons. The summed E-state index contributed by atoms with van der Waals surface area (Å²) < 4.78 is 3.45. The molecule has 0 atom stereocenters. The van der Waals surface area contributed by atoms with Gasteiger partial charge in [0.25, 0.3) is 0 Å². The van der Waals surface area contributed by atoms with Crippen molar-refractivity contribution in [2.45, 2.75) is 64.3 Å². The third kappa shape index (κ3) is 5.97. The van der Waals surface area contributed by atoms with Crippen molar-refractivity contribution in [3.8, 4) is 0 Å². The number of fused-ring (bicyclic) bond motifs is 1. The first-order valence-electron chi connectivity index (χ1n) is 11.7. The van der Waals surface area contributed by atoms with Gasteiger partial charge in [-0.2, -0.15) is 0 Å². The van der Waals surface area contributed by atoms with Crippen LogP contribution in [0.15, 0.2) is 53.0 Å². The highest BCUT2D eigenvalue weighted by Gasteiger charge is 2.20. The van der Waals surface area contributed by atoms with E-state index in [1.54, 1.807) is 0 Å². The second-order valence-corrected chi connectivity index (χ2v) is 9.59. The number of hydrogen-bond acceptors (Lipinski definition) is 2. The number of unbranched alkanes of at least 4 members (excludes halogenated alkanes) is 2. The number of aromatic nitrogens is 2. The van der Waals surface area contributed by atoms with Crippen LogP contribution in [0.2, 0.25) is 0 Å². The van der Waals surface area contributed by atoms with Gasteiger partial charge in [-0.3, -0.25) is 4.79 Å². The van der Waals surface area contributed by atoms with Crippen LogP contribution in [0.4, 0.5) is 0 Å². The Balaban J connectivity index is 1.30.